The van der Waals surface area contributed by atoms with Crippen molar-refractivity contribution in [3.05, 3.63) is 135 Å². The fourth-order valence-electron chi connectivity index (χ4n) is 6.30. The minimum Gasteiger partial charge on any atom is -0.304 e. The smallest absolute Gasteiger partial charge is 0.277 e. The van der Waals surface area contributed by atoms with Gasteiger partial charge in [0.05, 0.1) is 6.20 Å². The minimum atomic E-state index is -0.732. The number of likely N-dealkylation sites (N-methyl/N-ethyl adjacent to an activating group) is 1. The highest BCUT2D eigenvalue weighted by Crippen LogP contribution is 2.27. The molecule has 0 radical (unpaired) electrons. The predicted octanol–water partition coefficient (Wildman–Crippen LogP) is 6.16. The molecule has 1 aliphatic rings. The summed E-state index contributed by atoms with van der Waals surface area (Å²) in [6.07, 6.45) is 6.80. The maximum Gasteiger partial charge on any atom is 0.277 e. The Morgan fingerprint density at radius 2 is 1.57 bits per heavy atom. The summed E-state index contributed by atoms with van der Waals surface area (Å²) in [6.45, 7) is 6.21. The lowest BCUT2D eigenvalue weighted by molar-refractivity contribution is -0.116. The van der Waals surface area contributed by atoms with Crippen molar-refractivity contribution in [1.82, 2.24) is 34.0 Å². The van der Waals surface area contributed by atoms with Crippen molar-refractivity contribution in [2.45, 2.75) is 36.5 Å². The summed E-state index contributed by atoms with van der Waals surface area (Å²) < 4.78 is 17.2. The quantitative estimate of drug-likeness (QED) is 0.0722. The molecule has 1 fully saturated rings. The minimum absolute atomic E-state index is 0.312. The van der Waals surface area contributed by atoms with E-state index >= 15 is 0 Å². The van der Waals surface area contributed by atoms with Crippen LogP contribution in [0.2, 0.25) is 5.02 Å². The second-order valence-electron chi connectivity index (χ2n) is 13.1. The van der Waals surface area contributed by atoms with Crippen molar-refractivity contribution >= 4 is 29.6 Å². The second kappa shape index (κ2) is 17.4. The molecule has 9 nitrogen and oxygen atoms in total. The summed E-state index contributed by atoms with van der Waals surface area (Å²) in [4.78, 5) is 38.2. The van der Waals surface area contributed by atoms with Crippen LogP contribution in [-0.2, 0) is 30.6 Å². The molecule has 3 heterocycles. The third-order valence-electron chi connectivity index (χ3n) is 9.24. The molecule has 1 atom stereocenters. The lowest BCUT2D eigenvalue weighted by atomic mass is 10.0. The van der Waals surface area contributed by atoms with Gasteiger partial charge in [-0.25, -0.2) is 4.39 Å². The summed E-state index contributed by atoms with van der Waals surface area (Å²) in [5, 5.41) is 5.39. The third kappa shape index (κ3) is 10.0. The van der Waals surface area contributed by atoms with Gasteiger partial charge in [-0.15, -0.1) is 0 Å². The van der Waals surface area contributed by atoms with Gasteiger partial charge in [0.1, 0.15) is 12.0 Å². The molecule has 0 saturated carbocycles. The molecule has 266 valence electrons. The van der Waals surface area contributed by atoms with Gasteiger partial charge in [-0.2, -0.15) is 10.1 Å². The van der Waals surface area contributed by atoms with Gasteiger partial charge in [-0.05, 0) is 72.1 Å². The van der Waals surface area contributed by atoms with Gasteiger partial charge in [-0.3, -0.25) is 19.2 Å². The van der Waals surface area contributed by atoms with Gasteiger partial charge in [0.15, 0.2) is 11.4 Å². The van der Waals surface area contributed by atoms with Crippen molar-refractivity contribution in [3.63, 3.8) is 0 Å². The largest absolute Gasteiger partial charge is 0.304 e. The molecule has 2 aromatic heterocycles. The average molecular weight is 728 g/mol. The van der Waals surface area contributed by atoms with Crippen LogP contribution >= 0.6 is 23.4 Å². The van der Waals surface area contributed by atoms with Crippen LogP contribution in [0.3, 0.4) is 0 Å². The predicted molar refractivity (Wildman–Crippen MR) is 201 cm³/mol. The summed E-state index contributed by atoms with van der Waals surface area (Å²) in [6, 6.07) is 22.4. The van der Waals surface area contributed by atoms with E-state index in [1.54, 1.807) is 29.2 Å². The van der Waals surface area contributed by atoms with E-state index in [0.29, 0.717) is 41.0 Å². The molecule has 0 N–H and O–H groups in total. The lowest BCUT2D eigenvalue weighted by Crippen LogP contribution is -2.45. The average Bonchev–Trinajstić information content (AvgIpc) is 3.55. The van der Waals surface area contributed by atoms with E-state index in [0.717, 1.165) is 73.2 Å². The number of aryl methyl sites for hydroxylation is 1. The normalized spacial score (nSPS) is 14.6. The van der Waals surface area contributed by atoms with Crippen molar-refractivity contribution in [3.8, 4) is 11.1 Å². The molecule has 1 saturated heterocycles. The van der Waals surface area contributed by atoms with Gasteiger partial charge in [0.2, 0.25) is 0 Å². The monoisotopic (exact) mass is 727 g/mol. The van der Waals surface area contributed by atoms with Crippen molar-refractivity contribution < 1.29 is 9.18 Å². The van der Waals surface area contributed by atoms with E-state index in [9.17, 15) is 14.0 Å². The molecule has 0 amide bonds. The molecular formula is C39H43ClFN7O2S. The molecule has 3 aromatic carbocycles. The van der Waals surface area contributed by atoms with E-state index in [1.165, 1.54) is 23.9 Å². The fraction of sp³-hybridized carbons (Fsp3) is 0.333. The Labute approximate surface area is 307 Å². The standard InChI is InChI=1S/C39H43ClFN7O2S/c1-44-18-20-46(21-19-44)16-3-17-47(25-29-4-8-32(9-5-29)33-10-12-35(40)13-11-33)37(27-49)48-26-34(22-31-23-42-45(2)24-31)38(50)43-39(48)51-28-30-6-14-36(41)15-7-30/h4-15,23-24,26-27,37H,3,16-22,25,28H2,1-2H3. The molecule has 5 aromatic rings. The number of rotatable bonds is 15. The van der Waals surface area contributed by atoms with Crippen LogP contribution in [0.25, 0.3) is 11.1 Å². The first-order chi connectivity index (χ1) is 24.7. The van der Waals surface area contributed by atoms with Gasteiger partial charge in [-0.1, -0.05) is 71.9 Å². The Morgan fingerprint density at radius 1 is 0.902 bits per heavy atom. The highest BCUT2D eigenvalue weighted by atomic mass is 35.5. The van der Waals surface area contributed by atoms with Crippen LogP contribution in [0.15, 0.2) is 101 Å². The lowest BCUT2D eigenvalue weighted by Gasteiger charge is -2.34. The number of piperazine rings is 1. The van der Waals surface area contributed by atoms with E-state index in [1.807, 2.05) is 42.1 Å². The molecule has 0 aliphatic carbocycles. The second-order valence-corrected chi connectivity index (χ2v) is 14.5. The number of aromatic nitrogens is 4. The van der Waals surface area contributed by atoms with Gasteiger partial charge < -0.3 is 14.4 Å². The van der Waals surface area contributed by atoms with Crippen molar-refractivity contribution in [1.29, 1.82) is 0 Å². The van der Waals surface area contributed by atoms with E-state index in [4.69, 9.17) is 11.6 Å². The van der Waals surface area contributed by atoms with Crippen LogP contribution in [-0.4, -0.2) is 86.6 Å². The number of halogens is 2. The first-order valence-corrected chi connectivity index (χ1v) is 18.5. The van der Waals surface area contributed by atoms with E-state index in [2.05, 4.69) is 56.1 Å². The first kappa shape index (κ1) is 36.7. The molecule has 0 spiro atoms. The summed E-state index contributed by atoms with van der Waals surface area (Å²) >= 11 is 7.48. The Bertz CT molecular complexity index is 1940. The SMILES string of the molecule is CN1CCN(CCCN(Cc2ccc(-c3ccc(Cl)cc3)cc2)C(C=O)n2cc(Cc3cnn(C)c3)c(=O)nc2SCc2ccc(F)cc2)CC1. The molecule has 6 rings (SSSR count). The van der Waals surface area contributed by atoms with Crippen LogP contribution in [0.4, 0.5) is 4.39 Å². The van der Waals surface area contributed by atoms with Gasteiger partial charge in [0.25, 0.3) is 5.56 Å². The van der Waals surface area contributed by atoms with Gasteiger partial charge in [0, 0.05) is 81.5 Å². The van der Waals surface area contributed by atoms with E-state index in [-0.39, 0.29) is 11.4 Å². The number of benzene rings is 3. The summed E-state index contributed by atoms with van der Waals surface area (Å²) in [5.41, 5.74) is 5.10. The Kier molecular flexibility index (Phi) is 12.5. The molecule has 12 heteroatoms. The fourth-order valence-corrected chi connectivity index (χ4v) is 7.38. The number of nitrogens with zero attached hydrogens (tertiary/aromatic N) is 7. The molecule has 51 heavy (non-hydrogen) atoms. The maximum absolute atomic E-state index is 13.6. The zero-order valence-corrected chi connectivity index (χ0v) is 30.6. The molecule has 1 unspecified atom stereocenters. The third-order valence-corrected chi connectivity index (χ3v) is 10.5. The topological polar surface area (TPSA) is 79.5 Å². The molecular weight excluding hydrogens is 685 g/mol. The molecule has 0 bridgehead atoms. The first-order valence-electron chi connectivity index (χ1n) is 17.2. The van der Waals surface area contributed by atoms with Crippen molar-refractivity contribution in [2.24, 2.45) is 7.05 Å². The van der Waals surface area contributed by atoms with E-state index < -0.39 is 6.17 Å². The summed E-state index contributed by atoms with van der Waals surface area (Å²) in [5.74, 6) is 0.142. The number of carbonyl (C=O) groups is 1. The van der Waals surface area contributed by atoms with Crippen LogP contribution in [0.5, 0.6) is 0 Å². The van der Waals surface area contributed by atoms with Gasteiger partial charge >= 0.3 is 0 Å². The highest BCUT2D eigenvalue weighted by molar-refractivity contribution is 7.98. The molecule has 1 aliphatic heterocycles. The van der Waals surface area contributed by atoms with Crippen LogP contribution in [0, 0.1) is 5.82 Å². The number of aldehydes is 1. The number of hydrogen-bond donors (Lipinski definition) is 0. The maximum atomic E-state index is 13.6. The summed E-state index contributed by atoms with van der Waals surface area (Å²) in [7, 11) is 3.98. The number of thioether (sulfide) groups is 1. The Morgan fingerprint density at radius 3 is 2.22 bits per heavy atom. The zero-order chi connectivity index (χ0) is 35.7. The van der Waals surface area contributed by atoms with Crippen LogP contribution in [0.1, 0.15) is 34.8 Å². The van der Waals surface area contributed by atoms with Crippen LogP contribution < -0.4 is 5.56 Å². The highest BCUT2D eigenvalue weighted by Gasteiger charge is 2.25. The number of hydrogen-bond acceptors (Lipinski definition) is 8. The Hall–Kier alpha value is -4.13. The van der Waals surface area contributed by atoms with Crippen molar-refractivity contribution in [2.75, 3.05) is 46.3 Å². The Balaban J connectivity index is 1.31. The number of carbonyl (C=O) groups excluding carboxylic acids is 1. The zero-order valence-electron chi connectivity index (χ0n) is 29.0.